The van der Waals surface area contributed by atoms with Crippen LogP contribution in [0.1, 0.15) is 44.7 Å². The van der Waals surface area contributed by atoms with Crippen molar-refractivity contribution in [1.29, 1.82) is 0 Å². The van der Waals surface area contributed by atoms with Crippen LogP contribution in [0.2, 0.25) is 0 Å². The van der Waals surface area contributed by atoms with Crippen LogP contribution >= 0.6 is 0 Å². The number of carbonyl (C=O) groups is 1. The van der Waals surface area contributed by atoms with Crippen molar-refractivity contribution >= 4 is 11.7 Å². The van der Waals surface area contributed by atoms with Crippen LogP contribution in [0.4, 0.5) is 10.5 Å². The van der Waals surface area contributed by atoms with E-state index in [0.29, 0.717) is 24.2 Å². The Morgan fingerprint density at radius 2 is 1.81 bits per heavy atom. The van der Waals surface area contributed by atoms with Gasteiger partial charge in [0.25, 0.3) is 0 Å². The summed E-state index contributed by atoms with van der Waals surface area (Å²) in [6.07, 6.45) is 2.03. The van der Waals surface area contributed by atoms with Gasteiger partial charge in [0.15, 0.2) is 0 Å². The molecular formula is C21H35N2O3+. The second kappa shape index (κ2) is 9.49. The molecule has 1 heterocycles. The van der Waals surface area contributed by atoms with Gasteiger partial charge in [0, 0.05) is 13.0 Å². The molecule has 2 amide bonds. The monoisotopic (exact) mass is 363 g/mol. The van der Waals surface area contributed by atoms with E-state index in [1.54, 1.807) is 0 Å². The number of urea groups is 1. The highest BCUT2D eigenvalue weighted by Crippen LogP contribution is 2.25. The molecule has 0 saturated carbocycles. The van der Waals surface area contributed by atoms with E-state index < -0.39 is 0 Å². The Hall–Kier alpha value is -1.43. The van der Waals surface area contributed by atoms with Crippen LogP contribution in [0, 0.1) is 13.8 Å². The van der Waals surface area contributed by atoms with Gasteiger partial charge in [-0.15, -0.1) is 0 Å². The number of rotatable bonds is 7. The molecule has 1 aromatic rings. The topological polar surface area (TPSA) is 47.6 Å². The third kappa shape index (κ3) is 5.29. The number of nitrogens with one attached hydrogen (secondary N) is 1. The first-order valence-electron chi connectivity index (χ1n) is 9.85. The Morgan fingerprint density at radius 1 is 1.19 bits per heavy atom. The number of hydrogen-bond acceptors (Lipinski definition) is 3. The molecule has 0 aliphatic carbocycles. The second-order valence-corrected chi connectivity index (χ2v) is 7.65. The van der Waals surface area contributed by atoms with Gasteiger partial charge >= 0.3 is 6.03 Å². The second-order valence-electron chi connectivity index (χ2n) is 7.65. The zero-order chi connectivity index (χ0) is 19.2. The lowest BCUT2D eigenvalue weighted by Gasteiger charge is -2.43. The van der Waals surface area contributed by atoms with Crippen LogP contribution in [0.5, 0.6) is 0 Å². The Kier molecular flexibility index (Phi) is 7.62. The predicted molar refractivity (Wildman–Crippen MR) is 106 cm³/mol. The molecule has 0 radical (unpaired) electrons. The van der Waals surface area contributed by atoms with Gasteiger partial charge in [0.05, 0.1) is 18.8 Å². The Morgan fingerprint density at radius 3 is 2.38 bits per heavy atom. The fourth-order valence-electron chi connectivity index (χ4n) is 3.94. The fraction of sp³-hybridized carbons (Fsp3) is 0.667. The van der Waals surface area contributed by atoms with Crippen molar-refractivity contribution in [2.45, 2.75) is 59.7 Å². The molecule has 2 atom stereocenters. The van der Waals surface area contributed by atoms with E-state index >= 15 is 0 Å². The highest BCUT2D eigenvalue weighted by Gasteiger charge is 2.44. The van der Waals surface area contributed by atoms with Gasteiger partial charge in [0.1, 0.15) is 25.3 Å². The van der Waals surface area contributed by atoms with Gasteiger partial charge in [-0.3, -0.25) is 5.32 Å². The molecular weight excluding hydrogens is 328 g/mol. The summed E-state index contributed by atoms with van der Waals surface area (Å²) in [7, 11) is 0. The summed E-state index contributed by atoms with van der Waals surface area (Å²) in [6.45, 7) is 14.0. The van der Waals surface area contributed by atoms with Crippen LogP contribution < -0.4 is 5.32 Å². The van der Waals surface area contributed by atoms with E-state index in [4.69, 9.17) is 9.47 Å². The standard InChI is InChI=1S/C21H34N2O3/c1-6-12-25-13-8-11-23(14-18(4)26-19(5)15-23)21(24)22-20-16(2)9-7-10-17(20)3/h7,9-10,18-19H,6,8,11-15H2,1-5H3/p+1. The summed E-state index contributed by atoms with van der Waals surface area (Å²) in [5.74, 6) is 0. The number of aryl methyl sites for hydroxylation is 2. The maximum atomic E-state index is 13.4. The quantitative estimate of drug-likeness (QED) is 0.581. The van der Waals surface area contributed by atoms with Gasteiger partial charge in [-0.2, -0.15) is 0 Å². The fourth-order valence-corrected chi connectivity index (χ4v) is 3.94. The molecule has 2 unspecified atom stereocenters. The zero-order valence-electron chi connectivity index (χ0n) is 17.0. The molecule has 1 aliphatic heterocycles. The normalized spacial score (nSPS) is 25.9. The SMILES string of the molecule is CCCOCCC[N+]1(C(=O)Nc2c(C)cccc2C)CC(C)OC(C)C1. The molecule has 2 rings (SSSR count). The molecule has 1 N–H and O–H groups in total. The minimum Gasteiger partial charge on any atom is -0.381 e. The van der Waals surface area contributed by atoms with Crippen LogP contribution in [0.15, 0.2) is 18.2 Å². The highest BCUT2D eigenvalue weighted by atomic mass is 16.5. The number of para-hydroxylation sites is 1. The summed E-state index contributed by atoms with van der Waals surface area (Å²) in [4.78, 5) is 13.4. The van der Waals surface area contributed by atoms with E-state index in [1.807, 2.05) is 32.0 Å². The number of benzene rings is 1. The highest BCUT2D eigenvalue weighted by molar-refractivity contribution is 5.86. The summed E-state index contributed by atoms with van der Waals surface area (Å²) >= 11 is 0. The first kappa shape index (κ1) is 20.9. The molecule has 26 heavy (non-hydrogen) atoms. The van der Waals surface area contributed by atoms with Crippen LogP contribution in [0.3, 0.4) is 0 Å². The molecule has 0 spiro atoms. The van der Waals surface area contributed by atoms with Gasteiger partial charge in [-0.05, 0) is 45.2 Å². The van der Waals surface area contributed by atoms with Crippen LogP contribution in [-0.2, 0) is 9.47 Å². The summed E-state index contributed by atoms with van der Waals surface area (Å²) in [6, 6.07) is 6.17. The summed E-state index contributed by atoms with van der Waals surface area (Å²) in [5.41, 5.74) is 3.12. The Bertz CT molecular complexity index is 573. The van der Waals surface area contributed by atoms with Crippen molar-refractivity contribution in [3.8, 4) is 0 Å². The van der Waals surface area contributed by atoms with Crippen molar-refractivity contribution in [3.63, 3.8) is 0 Å². The summed E-state index contributed by atoms with van der Waals surface area (Å²) < 4.78 is 12.0. The zero-order valence-corrected chi connectivity index (χ0v) is 17.0. The average molecular weight is 364 g/mol. The van der Waals surface area contributed by atoms with Gasteiger partial charge in [-0.1, -0.05) is 25.1 Å². The third-order valence-electron chi connectivity index (χ3n) is 5.04. The molecule has 5 heteroatoms. The minimum atomic E-state index is 0.0685. The average Bonchev–Trinajstić information content (AvgIpc) is 2.57. The first-order valence-corrected chi connectivity index (χ1v) is 9.85. The number of nitrogens with zero attached hydrogens (tertiary/aromatic N) is 1. The number of anilines is 1. The van der Waals surface area contributed by atoms with E-state index in [0.717, 1.165) is 42.8 Å². The van der Waals surface area contributed by atoms with E-state index in [9.17, 15) is 4.79 Å². The number of amides is 2. The number of morpholine rings is 1. The van der Waals surface area contributed by atoms with Crippen LogP contribution in [-0.4, -0.2) is 55.6 Å². The summed E-state index contributed by atoms with van der Waals surface area (Å²) in [5, 5.41) is 3.22. The lowest BCUT2D eigenvalue weighted by atomic mass is 10.1. The van der Waals surface area contributed by atoms with Crippen molar-refractivity contribution in [3.05, 3.63) is 29.3 Å². The molecule has 1 fully saturated rings. The number of hydrogen-bond donors (Lipinski definition) is 1. The van der Waals surface area contributed by atoms with Crippen molar-refractivity contribution in [1.82, 2.24) is 0 Å². The number of quaternary nitrogens is 1. The molecule has 0 bridgehead atoms. The number of carbonyl (C=O) groups excluding carboxylic acids is 1. The lowest BCUT2D eigenvalue weighted by Crippen LogP contribution is -2.64. The third-order valence-corrected chi connectivity index (χ3v) is 5.04. The van der Waals surface area contributed by atoms with Crippen LogP contribution in [0.25, 0.3) is 0 Å². The molecule has 1 saturated heterocycles. The molecule has 146 valence electrons. The molecule has 1 aliphatic rings. The lowest BCUT2D eigenvalue weighted by molar-refractivity contribution is -0.864. The maximum Gasteiger partial charge on any atom is 0.421 e. The van der Waals surface area contributed by atoms with Crippen molar-refractivity contribution in [2.75, 3.05) is 38.2 Å². The minimum absolute atomic E-state index is 0.0685. The smallest absolute Gasteiger partial charge is 0.381 e. The van der Waals surface area contributed by atoms with Crippen molar-refractivity contribution in [2.24, 2.45) is 0 Å². The molecule has 1 aromatic carbocycles. The van der Waals surface area contributed by atoms with Gasteiger partial charge in [0.2, 0.25) is 0 Å². The van der Waals surface area contributed by atoms with E-state index in [1.165, 1.54) is 0 Å². The predicted octanol–water partition coefficient (Wildman–Crippen LogP) is 4.28. The van der Waals surface area contributed by atoms with Gasteiger partial charge < -0.3 is 9.47 Å². The van der Waals surface area contributed by atoms with E-state index in [-0.39, 0.29) is 18.2 Å². The molecule has 0 aromatic heterocycles. The van der Waals surface area contributed by atoms with E-state index in [2.05, 4.69) is 26.1 Å². The first-order chi connectivity index (χ1) is 12.4. The van der Waals surface area contributed by atoms with Gasteiger partial charge in [-0.25, -0.2) is 9.28 Å². The number of ether oxygens (including phenoxy) is 2. The van der Waals surface area contributed by atoms with Crippen molar-refractivity contribution < 1.29 is 18.8 Å². The largest absolute Gasteiger partial charge is 0.421 e. The Labute approximate surface area is 158 Å². The maximum absolute atomic E-state index is 13.4. The molecule has 5 nitrogen and oxygen atoms in total. The Balaban J connectivity index is 2.15.